The van der Waals surface area contributed by atoms with E-state index in [2.05, 4.69) is 19.9 Å². The van der Waals surface area contributed by atoms with Crippen molar-refractivity contribution in [3.8, 4) is 0 Å². The molecule has 0 saturated carbocycles. The molecule has 1 aliphatic rings. The summed E-state index contributed by atoms with van der Waals surface area (Å²) in [5.74, 6) is 1.51. The summed E-state index contributed by atoms with van der Waals surface area (Å²) in [6.45, 7) is 4.56. The SMILES string of the molecule is CCC[C@H](CC)C1CCCC=C1Cl. The molecule has 0 saturated heterocycles. The summed E-state index contributed by atoms with van der Waals surface area (Å²) < 4.78 is 0. The van der Waals surface area contributed by atoms with Crippen LogP contribution in [-0.4, -0.2) is 0 Å². The zero-order valence-electron chi connectivity index (χ0n) is 8.85. The Morgan fingerprint density at radius 3 is 2.85 bits per heavy atom. The lowest BCUT2D eigenvalue weighted by atomic mass is 9.80. The van der Waals surface area contributed by atoms with Gasteiger partial charge in [-0.25, -0.2) is 0 Å². The van der Waals surface area contributed by atoms with Crippen molar-refractivity contribution < 1.29 is 0 Å². The van der Waals surface area contributed by atoms with Gasteiger partial charge in [-0.15, -0.1) is 0 Å². The Morgan fingerprint density at radius 1 is 1.54 bits per heavy atom. The van der Waals surface area contributed by atoms with Gasteiger partial charge in [0.05, 0.1) is 0 Å². The van der Waals surface area contributed by atoms with Gasteiger partial charge >= 0.3 is 0 Å². The Balaban J connectivity index is 2.55. The Bertz CT molecular complexity index is 172. The normalized spacial score (nSPS) is 25.5. The summed E-state index contributed by atoms with van der Waals surface area (Å²) in [7, 11) is 0. The van der Waals surface area contributed by atoms with E-state index >= 15 is 0 Å². The molecule has 0 aromatic carbocycles. The zero-order valence-corrected chi connectivity index (χ0v) is 9.61. The predicted octanol–water partition coefficient (Wildman–Crippen LogP) is 4.74. The highest BCUT2D eigenvalue weighted by Crippen LogP contribution is 2.36. The second-order valence-corrected chi connectivity index (χ2v) is 4.52. The first-order valence-electron chi connectivity index (χ1n) is 5.65. The lowest BCUT2D eigenvalue weighted by molar-refractivity contribution is 0.319. The van der Waals surface area contributed by atoms with Gasteiger partial charge in [-0.2, -0.15) is 0 Å². The first-order chi connectivity index (χ1) is 6.29. The molecule has 13 heavy (non-hydrogen) atoms. The van der Waals surface area contributed by atoms with E-state index in [1.807, 2.05) is 0 Å². The fourth-order valence-corrected chi connectivity index (χ4v) is 2.78. The van der Waals surface area contributed by atoms with Crippen molar-refractivity contribution in [2.45, 2.75) is 52.4 Å². The quantitative estimate of drug-likeness (QED) is 0.615. The highest BCUT2D eigenvalue weighted by Gasteiger charge is 2.23. The second kappa shape index (κ2) is 5.70. The molecular weight excluding hydrogens is 180 g/mol. The van der Waals surface area contributed by atoms with Gasteiger partial charge < -0.3 is 0 Å². The van der Waals surface area contributed by atoms with Crippen LogP contribution in [0.15, 0.2) is 11.1 Å². The van der Waals surface area contributed by atoms with Crippen molar-refractivity contribution in [3.63, 3.8) is 0 Å². The Kier molecular flexibility index (Phi) is 4.87. The molecule has 0 aromatic heterocycles. The maximum Gasteiger partial charge on any atom is 0.0174 e. The number of allylic oxidation sites excluding steroid dienone is 2. The number of halogens is 1. The van der Waals surface area contributed by atoms with Gasteiger partial charge in [0.2, 0.25) is 0 Å². The van der Waals surface area contributed by atoms with Gasteiger partial charge in [0, 0.05) is 5.03 Å². The molecular formula is C12H21Cl. The van der Waals surface area contributed by atoms with E-state index in [9.17, 15) is 0 Å². The van der Waals surface area contributed by atoms with Crippen molar-refractivity contribution in [3.05, 3.63) is 11.1 Å². The summed E-state index contributed by atoms with van der Waals surface area (Å²) in [6.07, 6.45) is 9.98. The maximum atomic E-state index is 6.25. The highest BCUT2D eigenvalue weighted by molar-refractivity contribution is 6.29. The Labute approximate surface area is 87.4 Å². The van der Waals surface area contributed by atoms with Crippen LogP contribution in [0.3, 0.4) is 0 Å². The summed E-state index contributed by atoms with van der Waals surface area (Å²) in [5.41, 5.74) is 0. The summed E-state index contributed by atoms with van der Waals surface area (Å²) in [4.78, 5) is 0. The third-order valence-corrected chi connectivity index (χ3v) is 3.60. The number of hydrogen-bond acceptors (Lipinski definition) is 0. The minimum Gasteiger partial charge on any atom is -0.0892 e. The van der Waals surface area contributed by atoms with E-state index in [1.165, 1.54) is 38.5 Å². The minimum atomic E-state index is 0.681. The van der Waals surface area contributed by atoms with E-state index < -0.39 is 0 Å². The molecule has 0 aromatic rings. The van der Waals surface area contributed by atoms with Crippen LogP contribution in [0.4, 0.5) is 0 Å². The zero-order chi connectivity index (χ0) is 9.68. The van der Waals surface area contributed by atoms with Gasteiger partial charge in [0.15, 0.2) is 0 Å². The monoisotopic (exact) mass is 200 g/mol. The predicted molar refractivity (Wildman–Crippen MR) is 60.0 cm³/mol. The number of rotatable bonds is 4. The average Bonchev–Trinajstić information content (AvgIpc) is 2.16. The fourth-order valence-electron chi connectivity index (χ4n) is 2.39. The molecule has 1 aliphatic carbocycles. The smallest absolute Gasteiger partial charge is 0.0174 e. The third kappa shape index (κ3) is 3.02. The molecule has 0 spiro atoms. The van der Waals surface area contributed by atoms with Crippen LogP contribution in [0.5, 0.6) is 0 Å². The minimum absolute atomic E-state index is 0.681. The van der Waals surface area contributed by atoms with E-state index in [4.69, 9.17) is 11.6 Å². The third-order valence-electron chi connectivity index (χ3n) is 3.17. The van der Waals surface area contributed by atoms with E-state index in [1.54, 1.807) is 0 Å². The molecule has 2 atom stereocenters. The van der Waals surface area contributed by atoms with Gasteiger partial charge in [-0.1, -0.05) is 50.8 Å². The fraction of sp³-hybridized carbons (Fsp3) is 0.833. The average molecular weight is 201 g/mol. The van der Waals surface area contributed by atoms with Crippen LogP contribution < -0.4 is 0 Å². The Hall–Kier alpha value is 0.0300. The molecule has 0 nitrogen and oxygen atoms in total. The Morgan fingerprint density at radius 2 is 2.31 bits per heavy atom. The molecule has 0 aliphatic heterocycles. The van der Waals surface area contributed by atoms with Crippen LogP contribution in [0.2, 0.25) is 0 Å². The van der Waals surface area contributed by atoms with Gasteiger partial charge in [-0.3, -0.25) is 0 Å². The topological polar surface area (TPSA) is 0 Å². The van der Waals surface area contributed by atoms with E-state index in [0.29, 0.717) is 5.92 Å². The molecule has 0 fully saturated rings. The molecule has 76 valence electrons. The van der Waals surface area contributed by atoms with Crippen molar-refractivity contribution in [1.29, 1.82) is 0 Å². The summed E-state index contributed by atoms with van der Waals surface area (Å²) in [5, 5.41) is 1.14. The first-order valence-corrected chi connectivity index (χ1v) is 6.02. The summed E-state index contributed by atoms with van der Waals surface area (Å²) in [6, 6.07) is 0. The van der Waals surface area contributed by atoms with Crippen LogP contribution in [0, 0.1) is 11.8 Å². The van der Waals surface area contributed by atoms with Crippen LogP contribution >= 0.6 is 11.6 Å². The maximum absolute atomic E-state index is 6.25. The molecule has 0 bridgehead atoms. The van der Waals surface area contributed by atoms with Crippen molar-refractivity contribution in [2.24, 2.45) is 11.8 Å². The van der Waals surface area contributed by atoms with E-state index in [0.717, 1.165) is 11.0 Å². The molecule has 0 amide bonds. The van der Waals surface area contributed by atoms with Crippen molar-refractivity contribution in [1.82, 2.24) is 0 Å². The largest absolute Gasteiger partial charge is 0.0892 e. The second-order valence-electron chi connectivity index (χ2n) is 4.08. The molecule has 1 rings (SSSR count). The molecule has 1 unspecified atom stereocenters. The number of hydrogen-bond donors (Lipinski definition) is 0. The lowest BCUT2D eigenvalue weighted by Crippen LogP contribution is -2.16. The van der Waals surface area contributed by atoms with Gasteiger partial charge in [0.1, 0.15) is 0 Å². The molecule has 0 radical (unpaired) electrons. The van der Waals surface area contributed by atoms with Crippen LogP contribution in [0.1, 0.15) is 52.4 Å². The van der Waals surface area contributed by atoms with Crippen LogP contribution in [-0.2, 0) is 0 Å². The lowest BCUT2D eigenvalue weighted by Gasteiger charge is -2.28. The molecule has 0 N–H and O–H groups in total. The van der Waals surface area contributed by atoms with Crippen molar-refractivity contribution in [2.75, 3.05) is 0 Å². The van der Waals surface area contributed by atoms with Crippen LogP contribution in [0.25, 0.3) is 0 Å². The molecule has 1 heteroatoms. The highest BCUT2D eigenvalue weighted by atomic mass is 35.5. The van der Waals surface area contributed by atoms with Crippen molar-refractivity contribution >= 4 is 11.6 Å². The van der Waals surface area contributed by atoms with E-state index in [-0.39, 0.29) is 0 Å². The molecule has 0 heterocycles. The standard InChI is InChI=1S/C12H21Cl/c1-3-7-10(4-2)11-8-5-6-9-12(11)13/h9-11H,3-8H2,1-2H3/t10-,11?/m0/s1. The van der Waals surface area contributed by atoms with Gasteiger partial charge in [0.25, 0.3) is 0 Å². The van der Waals surface area contributed by atoms with Gasteiger partial charge in [-0.05, 0) is 31.1 Å². The summed E-state index contributed by atoms with van der Waals surface area (Å²) >= 11 is 6.25. The first kappa shape index (κ1) is 11.1.